The molecule has 0 aromatic heterocycles. The molecule has 126 valence electrons. The number of unbranched alkanes of at least 4 members (excludes halogenated alkanes) is 6. The van der Waals surface area contributed by atoms with Crippen LogP contribution in [0.15, 0.2) is 0 Å². The van der Waals surface area contributed by atoms with Crippen LogP contribution in [-0.2, 0) is 4.74 Å². The Bertz CT molecular complexity index is 258. The Balaban J connectivity index is 4.09. The lowest BCUT2D eigenvalue weighted by molar-refractivity contribution is 0.0497. The second kappa shape index (κ2) is 11.9. The van der Waals surface area contributed by atoms with Gasteiger partial charge in [0.2, 0.25) is 0 Å². The summed E-state index contributed by atoms with van der Waals surface area (Å²) in [5.41, 5.74) is -0.417. The van der Waals surface area contributed by atoms with Gasteiger partial charge in [-0.15, -0.1) is 0 Å². The Morgan fingerprint density at radius 2 is 1.38 bits per heavy atom. The van der Waals surface area contributed by atoms with Crippen molar-refractivity contribution in [2.45, 2.75) is 110 Å². The Morgan fingerprint density at radius 1 is 0.905 bits per heavy atom. The van der Waals surface area contributed by atoms with Crippen LogP contribution in [0.25, 0.3) is 0 Å². The number of carbonyl (C=O) groups is 1. The van der Waals surface area contributed by atoms with Crippen molar-refractivity contribution in [2.75, 3.05) is 0 Å². The van der Waals surface area contributed by atoms with Crippen molar-refractivity contribution in [3.63, 3.8) is 0 Å². The fourth-order valence-corrected chi connectivity index (χ4v) is 2.40. The molecule has 0 aliphatic carbocycles. The Kier molecular flexibility index (Phi) is 11.5. The number of alkyl carbamates (subject to hydrolysis) is 1. The summed E-state index contributed by atoms with van der Waals surface area (Å²) in [6.07, 6.45) is 11.9. The van der Waals surface area contributed by atoms with Crippen molar-refractivity contribution in [2.24, 2.45) is 0 Å². The van der Waals surface area contributed by atoms with Crippen LogP contribution in [0.2, 0.25) is 0 Å². The van der Waals surface area contributed by atoms with Gasteiger partial charge in [-0.2, -0.15) is 0 Å². The first-order valence-corrected chi connectivity index (χ1v) is 8.88. The molecule has 1 N–H and O–H groups in total. The summed E-state index contributed by atoms with van der Waals surface area (Å²) in [5.74, 6) is 0. The van der Waals surface area contributed by atoms with E-state index in [0.717, 1.165) is 12.8 Å². The number of nitrogens with one attached hydrogen (secondary N) is 1. The van der Waals surface area contributed by atoms with E-state index in [-0.39, 0.29) is 12.1 Å². The standard InChI is InChI=1S/C18H37NO2/c1-6-8-10-11-13-15-16(14-12-9-7-2)19-17(20)21-18(3,4)5/h16H,6-15H2,1-5H3,(H,19,20)/t16-/m0/s1. The first-order chi connectivity index (χ1) is 9.89. The van der Waals surface area contributed by atoms with E-state index in [1.165, 1.54) is 51.4 Å². The van der Waals surface area contributed by atoms with E-state index in [2.05, 4.69) is 19.2 Å². The molecule has 0 saturated heterocycles. The van der Waals surface area contributed by atoms with E-state index in [1.807, 2.05) is 20.8 Å². The highest BCUT2D eigenvalue weighted by Crippen LogP contribution is 2.14. The molecule has 0 heterocycles. The predicted molar refractivity (Wildman–Crippen MR) is 90.7 cm³/mol. The number of hydrogen-bond acceptors (Lipinski definition) is 2. The molecule has 0 fully saturated rings. The van der Waals surface area contributed by atoms with Crippen molar-refractivity contribution in [3.05, 3.63) is 0 Å². The molecule has 0 aromatic carbocycles. The lowest BCUT2D eigenvalue weighted by Gasteiger charge is -2.23. The first kappa shape index (κ1) is 20.3. The molecule has 0 rings (SSSR count). The minimum atomic E-state index is -0.417. The van der Waals surface area contributed by atoms with Crippen LogP contribution >= 0.6 is 0 Å². The van der Waals surface area contributed by atoms with Gasteiger partial charge in [0.05, 0.1) is 0 Å². The molecule has 0 aromatic rings. The third-order valence-electron chi connectivity index (χ3n) is 3.53. The van der Waals surface area contributed by atoms with Crippen LogP contribution < -0.4 is 5.32 Å². The van der Waals surface area contributed by atoms with Crippen LogP contribution in [0, 0.1) is 0 Å². The van der Waals surface area contributed by atoms with Crippen LogP contribution in [0.3, 0.4) is 0 Å². The highest BCUT2D eigenvalue weighted by molar-refractivity contribution is 5.68. The quantitative estimate of drug-likeness (QED) is 0.488. The summed E-state index contributed by atoms with van der Waals surface area (Å²) in [6, 6.07) is 0.271. The molecular formula is C18H37NO2. The first-order valence-electron chi connectivity index (χ1n) is 8.88. The van der Waals surface area contributed by atoms with Gasteiger partial charge in [-0.25, -0.2) is 4.79 Å². The molecule has 0 radical (unpaired) electrons. The van der Waals surface area contributed by atoms with Gasteiger partial charge < -0.3 is 10.1 Å². The summed E-state index contributed by atoms with van der Waals surface area (Å²) < 4.78 is 5.37. The molecule has 0 unspecified atom stereocenters. The Morgan fingerprint density at radius 3 is 1.90 bits per heavy atom. The maximum absolute atomic E-state index is 11.9. The number of ether oxygens (including phenoxy) is 1. The van der Waals surface area contributed by atoms with Crippen molar-refractivity contribution in [1.82, 2.24) is 5.32 Å². The number of rotatable bonds is 11. The smallest absolute Gasteiger partial charge is 0.407 e. The summed E-state index contributed by atoms with van der Waals surface area (Å²) in [6.45, 7) is 10.2. The van der Waals surface area contributed by atoms with E-state index < -0.39 is 5.60 Å². The van der Waals surface area contributed by atoms with Crippen molar-refractivity contribution >= 4 is 6.09 Å². The predicted octanol–water partition coefficient (Wildman–Crippen LogP) is 5.82. The van der Waals surface area contributed by atoms with Crippen molar-refractivity contribution < 1.29 is 9.53 Å². The minimum Gasteiger partial charge on any atom is -0.444 e. The van der Waals surface area contributed by atoms with E-state index in [1.54, 1.807) is 0 Å². The molecule has 1 atom stereocenters. The number of hydrogen-bond donors (Lipinski definition) is 1. The topological polar surface area (TPSA) is 38.3 Å². The maximum atomic E-state index is 11.9. The molecular weight excluding hydrogens is 262 g/mol. The third kappa shape index (κ3) is 14.0. The Hall–Kier alpha value is -0.730. The van der Waals surface area contributed by atoms with Gasteiger partial charge in [-0.1, -0.05) is 65.2 Å². The van der Waals surface area contributed by atoms with Crippen LogP contribution in [-0.4, -0.2) is 17.7 Å². The van der Waals surface area contributed by atoms with Gasteiger partial charge in [0, 0.05) is 6.04 Å². The fourth-order valence-electron chi connectivity index (χ4n) is 2.40. The zero-order valence-corrected chi connectivity index (χ0v) is 15.0. The largest absolute Gasteiger partial charge is 0.444 e. The second-order valence-corrected chi connectivity index (χ2v) is 7.04. The van der Waals surface area contributed by atoms with Gasteiger partial charge >= 0.3 is 6.09 Å². The molecule has 0 aliphatic rings. The summed E-state index contributed by atoms with van der Waals surface area (Å²) in [7, 11) is 0. The molecule has 21 heavy (non-hydrogen) atoms. The average molecular weight is 299 g/mol. The maximum Gasteiger partial charge on any atom is 0.407 e. The highest BCUT2D eigenvalue weighted by atomic mass is 16.6. The second-order valence-electron chi connectivity index (χ2n) is 7.04. The zero-order chi connectivity index (χ0) is 16.1. The van der Waals surface area contributed by atoms with Crippen LogP contribution in [0.1, 0.15) is 98.8 Å². The highest BCUT2D eigenvalue weighted by Gasteiger charge is 2.19. The molecule has 0 aliphatic heterocycles. The van der Waals surface area contributed by atoms with E-state index in [0.29, 0.717) is 0 Å². The molecule has 0 spiro atoms. The number of amides is 1. The van der Waals surface area contributed by atoms with Crippen LogP contribution in [0.5, 0.6) is 0 Å². The van der Waals surface area contributed by atoms with E-state index in [9.17, 15) is 4.79 Å². The summed E-state index contributed by atoms with van der Waals surface area (Å²) >= 11 is 0. The summed E-state index contributed by atoms with van der Waals surface area (Å²) in [4.78, 5) is 11.9. The third-order valence-corrected chi connectivity index (χ3v) is 3.53. The van der Waals surface area contributed by atoms with E-state index >= 15 is 0 Å². The normalized spacial score (nSPS) is 13.0. The van der Waals surface area contributed by atoms with Gasteiger partial charge in [0.25, 0.3) is 0 Å². The zero-order valence-electron chi connectivity index (χ0n) is 15.0. The molecule has 3 nitrogen and oxygen atoms in total. The lowest BCUT2D eigenvalue weighted by Crippen LogP contribution is -2.39. The SMILES string of the molecule is CCCCCCC[C@H](CCCCC)NC(=O)OC(C)(C)C. The van der Waals surface area contributed by atoms with E-state index in [4.69, 9.17) is 4.74 Å². The fraction of sp³-hybridized carbons (Fsp3) is 0.944. The monoisotopic (exact) mass is 299 g/mol. The molecule has 1 amide bonds. The van der Waals surface area contributed by atoms with Gasteiger partial charge in [-0.3, -0.25) is 0 Å². The molecule has 0 bridgehead atoms. The minimum absolute atomic E-state index is 0.266. The van der Waals surface area contributed by atoms with Crippen LogP contribution in [0.4, 0.5) is 4.79 Å². The van der Waals surface area contributed by atoms with Crippen molar-refractivity contribution in [3.8, 4) is 0 Å². The molecule has 3 heteroatoms. The van der Waals surface area contributed by atoms with Gasteiger partial charge in [0.1, 0.15) is 5.60 Å². The molecule has 0 saturated carbocycles. The lowest BCUT2D eigenvalue weighted by atomic mass is 10.0. The summed E-state index contributed by atoms with van der Waals surface area (Å²) in [5, 5.41) is 3.06. The van der Waals surface area contributed by atoms with Gasteiger partial charge in [0.15, 0.2) is 0 Å². The van der Waals surface area contributed by atoms with Crippen molar-refractivity contribution in [1.29, 1.82) is 0 Å². The van der Waals surface area contributed by atoms with Gasteiger partial charge in [-0.05, 0) is 33.6 Å². The number of carbonyl (C=O) groups excluding carboxylic acids is 1. The Labute approximate surface area is 132 Å². The average Bonchev–Trinajstić information content (AvgIpc) is 2.36.